The predicted molar refractivity (Wildman–Crippen MR) is 77.7 cm³/mol. The Morgan fingerprint density at radius 1 is 1.26 bits per heavy atom. The second-order valence-corrected chi connectivity index (χ2v) is 5.24. The lowest BCUT2D eigenvalue weighted by Crippen LogP contribution is -2.34. The molecule has 1 aliphatic rings. The van der Waals surface area contributed by atoms with Gasteiger partial charge in [0.2, 0.25) is 5.91 Å². The second-order valence-electron chi connectivity index (χ2n) is 5.24. The van der Waals surface area contributed by atoms with Crippen molar-refractivity contribution in [1.82, 2.24) is 9.80 Å². The molecule has 1 aromatic carbocycles. The van der Waals surface area contributed by atoms with Gasteiger partial charge in [-0.3, -0.25) is 9.69 Å². The molecule has 1 aromatic rings. The van der Waals surface area contributed by atoms with Gasteiger partial charge in [0.1, 0.15) is 0 Å². The fourth-order valence-corrected chi connectivity index (χ4v) is 2.67. The van der Waals surface area contributed by atoms with E-state index in [0.29, 0.717) is 6.04 Å². The molecule has 0 aliphatic carbocycles. The number of hydrogen-bond donors (Lipinski definition) is 1. The number of benzene rings is 1. The topological polar surface area (TPSA) is 49.6 Å². The van der Waals surface area contributed by atoms with Crippen molar-refractivity contribution in [3.8, 4) is 0 Å². The van der Waals surface area contributed by atoms with Gasteiger partial charge in [0.25, 0.3) is 0 Å². The average Bonchev–Trinajstić information content (AvgIpc) is 2.63. The number of anilines is 1. The molecule has 1 fully saturated rings. The maximum Gasteiger partial charge on any atom is 0.219 e. The molecule has 1 amide bonds. The third kappa shape index (κ3) is 3.47. The molecule has 4 heteroatoms. The summed E-state index contributed by atoms with van der Waals surface area (Å²) < 4.78 is 0. The zero-order chi connectivity index (χ0) is 13.8. The summed E-state index contributed by atoms with van der Waals surface area (Å²) in [6, 6.07) is 8.42. The van der Waals surface area contributed by atoms with E-state index in [2.05, 4.69) is 17.9 Å². The summed E-state index contributed by atoms with van der Waals surface area (Å²) in [7, 11) is 0. The Morgan fingerprint density at radius 3 is 2.74 bits per heavy atom. The molecule has 4 nitrogen and oxygen atoms in total. The largest absolute Gasteiger partial charge is 0.399 e. The third-order valence-corrected chi connectivity index (χ3v) is 3.92. The zero-order valence-corrected chi connectivity index (χ0v) is 11.8. The van der Waals surface area contributed by atoms with Crippen LogP contribution in [0.15, 0.2) is 24.3 Å². The first kappa shape index (κ1) is 13.9. The fraction of sp³-hybridized carbons (Fsp3) is 0.533. The minimum Gasteiger partial charge on any atom is -0.399 e. The van der Waals surface area contributed by atoms with E-state index in [0.717, 1.165) is 38.3 Å². The Bertz CT molecular complexity index is 447. The van der Waals surface area contributed by atoms with Gasteiger partial charge in [-0.1, -0.05) is 12.1 Å². The van der Waals surface area contributed by atoms with Gasteiger partial charge in [-0.25, -0.2) is 0 Å². The van der Waals surface area contributed by atoms with Gasteiger partial charge in [-0.15, -0.1) is 0 Å². The van der Waals surface area contributed by atoms with Gasteiger partial charge < -0.3 is 10.6 Å². The SMILES string of the molecule is CC(=O)N1CCCN(C(C)c2cccc(N)c2)CC1. The van der Waals surface area contributed by atoms with Gasteiger partial charge in [0.15, 0.2) is 0 Å². The van der Waals surface area contributed by atoms with Crippen LogP contribution in [-0.2, 0) is 4.79 Å². The number of carbonyl (C=O) groups excluding carboxylic acids is 1. The molecule has 0 radical (unpaired) electrons. The van der Waals surface area contributed by atoms with Crippen LogP contribution < -0.4 is 5.73 Å². The molecule has 0 bridgehead atoms. The van der Waals surface area contributed by atoms with Gasteiger partial charge >= 0.3 is 0 Å². The lowest BCUT2D eigenvalue weighted by atomic mass is 10.1. The minimum absolute atomic E-state index is 0.179. The van der Waals surface area contributed by atoms with Crippen LogP contribution in [-0.4, -0.2) is 41.9 Å². The highest BCUT2D eigenvalue weighted by molar-refractivity contribution is 5.73. The molecular weight excluding hydrogens is 238 g/mol. The van der Waals surface area contributed by atoms with Crippen molar-refractivity contribution in [2.75, 3.05) is 31.9 Å². The summed E-state index contributed by atoms with van der Waals surface area (Å²) >= 11 is 0. The molecule has 0 aromatic heterocycles. The van der Waals surface area contributed by atoms with E-state index in [4.69, 9.17) is 5.73 Å². The standard InChI is InChI=1S/C15H23N3O/c1-12(14-5-3-6-15(16)11-14)17-7-4-8-18(10-9-17)13(2)19/h3,5-6,11-12H,4,7-10,16H2,1-2H3. The van der Waals surface area contributed by atoms with E-state index >= 15 is 0 Å². The Morgan fingerprint density at radius 2 is 2.05 bits per heavy atom. The van der Waals surface area contributed by atoms with Crippen LogP contribution in [0.1, 0.15) is 31.9 Å². The summed E-state index contributed by atoms with van der Waals surface area (Å²) in [6.45, 7) is 7.50. The van der Waals surface area contributed by atoms with Crippen LogP contribution in [0, 0.1) is 0 Å². The highest BCUT2D eigenvalue weighted by Gasteiger charge is 2.21. The van der Waals surface area contributed by atoms with Crippen molar-refractivity contribution in [1.29, 1.82) is 0 Å². The first-order valence-corrected chi connectivity index (χ1v) is 6.93. The molecule has 1 aliphatic heterocycles. The lowest BCUT2D eigenvalue weighted by Gasteiger charge is -2.28. The first-order valence-electron chi connectivity index (χ1n) is 6.93. The van der Waals surface area contributed by atoms with E-state index in [1.807, 2.05) is 23.1 Å². The number of carbonyl (C=O) groups is 1. The summed E-state index contributed by atoms with van der Waals surface area (Å²) in [6.07, 6.45) is 1.03. The molecule has 0 spiro atoms. The fourth-order valence-electron chi connectivity index (χ4n) is 2.67. The molecule has 1 saturated heterocycles. The highest BCUT2D eigenvalue weighted by Crippen LogP contribution is 2.23. The maximum absolute atomic E-state index is 11.4. The average molecular weight is 261 g/mol. The van der Waals surface area contributed by atoms with Crippen molar-refractivity contribution >= 4 is 11.6 Å². The Balaban J connectivity index is 2.03. The van der Waals surface area contributed by atoms with Crippen LogP contribution in [0.4, 0.5) is 5.69 Å². The lowest BCUT2D eigenvalue weighted by molar-refractivity contribution is -0.128. The van der Waals surface area contributed by atoms with Crippen LogP contribution in [0.5, 0.6) is 0 Å². The summed E-state index contributed by atoms with van der Waals surface area (Å²) in [5.41, 5.74) is 7.90. The molecular formula is C15H23N3O. The Kier molecular flexibility index (Phi) is 4.43. The van der Waals surface area contributed by atoms with Crippen molar-refractivity contribution in [3.63, 3.8) is 0 Å². The number of amides is 1. The molecule has 104 valence electrons. The summed E-state index contributed by atoms with van der Waals surface area (Å²) in [5.74, 6) is 0.179. The number of nitrogens with zero attached hydrogens (tertiary/aromatic N) is 2. The summed E-state index contributed by atoms with van der Waals surface area (Å²) in [4.78, 5) is 15.8. The molecule has 2 rings (SSSR count). The van der Waals surface area contributed by atoms with Gasteiger partial charge in [-0.2, -0.15) is 0 Å². The third-order valence-electron chi connectivity index (χ3n) is 3.92. The van der Waals surface area contributed by atoms with Crippen molar-refractivity contribution in [2.45, 2.75) is 26.3 Å². The maximum atomic E-state index is 11.4. The van der Waals surface area contributed by atoms with Gasteiger partial charge in [0, 0.05) is 44.8 Å². The van der Waals surface area contributed by atoms with E-state index < -0.39 is 0 Å². The van der Waals surface area contributed by atoms with Gasteiger partial charge in [-0.05, 0) is 31.0 Å². The summed E-state index contributed by atoms with van der Waals surface area (Å²) in [5, 5.41) is 0. The number of rotatable bonds is 2. The normalized spacial score (nSPS) is 18.9. The van der Waals surface area contributed by atoms with Crippen LogP contribution in [0.2, 0.25) is 0 Å². The zero-order valence-electron chi connectivity index (χ0n) is 11.8. The molecule has 2 N–H and O–H groups in total. The van der Waals surface area contributed by atoms with E-state index in [1.54, 1.807) is 6.92 Å². The van der Waals surface area contributed by atoms with E-state index in [-0.39, 0.29) is 5.91 Å². The van der Waals surface area contributed by atoms with E-state index in [1.165, 1.54) is 5.56 Å². The monoisotopic (exact) mass is 261 g/mol. The molecule has 1 unspecified atom stereocenters. The molecule has 0 saturated carbocycles. The van der Waals surface area contributed by atoms with Crippen LogP contribution >= 0.6 is 0 Å². The quantitative estimate of drug-likeness (QED) is 0.827. The predicted octanol–water partition coefficient (Wildman–Crippen LogP) is 1.88. The minimum atomic E-state index is 0.179. The van der Waals surface area contributed by atoms with Crippen LogP contribution in [0.3, 0.4) is 0 Å². The van der Waals surface area contributed by atoms with Crippen molar-refractivity contribution in [2.24, 2.45) is 0 Å². The number of nitrogens with two attached hydrogens (primary N) is 1. The Labute approximate surface area is 115 Å². The first-order chi connectivity index (χ1) is 9.08. The second kappa shape index (κ2) is 6.06. The van der Waals surface area contributed by atoms with Gasteiger partial charge in [0.05, 0.1) is 0 Å². The Hall–Kier alpha value is -1.55. The van der Waals surface area contributed by atoms with E-state index in [9.17, 15) is 4.79 Å². The highest BCUT2D eigenvalue weighted by atomic mass is 16.2. The molecule has 1 atom stereocenters. The molecule has 19 heavy (non-hydrogen) atoms. The van der Waals surface area contributed by atoms with Crippen molar-refractivity contribution in [3.05, 3.63) is 29.8 Å². The number of nitrogen functional groups attached to an aromatic ring is 1. The molecule has 1 heterocycles. The van der Waals surface area contributed by atoms with Crippen molar-refractivity contribution < 1.29 is 4.79 Å². The number of hydrogen-bond acceptors (Lipinski definition) is 3. The smallest absolute Gasteiger partial charge is 0.219 e. The van der Waals surface area contributed by atoms with Crippen LogP contribution in [0.25, 0.3) is 0 Å².